The van der Waals surface area contributed by atoms with Crippen molar-refractivity contribution in [2.24, 2.45) is 5.10 Å². The summed E-state index contributed by atoms with van der Waals surface area (Å²) in [5, 5.41) is 24.2. The first-order valence-corrected chi connectivity index (χ1v) is 6.93. The number of hydrazone groups is 1. The fourth-order valence-electron chi connectivity index (χ4n) is 1.67. The highest BCUT2D eigenvalue weighted by atomic mass is 79.9. The van der Waals surface area contributed by atoms with Gasteiger partial charge in [-0.1, -0.05) is 15.9 Å². The number of benzene rings is 2. The Hall–Kier alpha value is -2.81. The van der Waals surface area contributed by atoms with E-state index in [9.17, 15) is 24.4 Å². The van der Waals surface area contributed by atoms with Crippen molar-refractivity contribution in [3.8, 4) is 5.75 Å². The van der Waals surface area contributed by atoms with Gasteiger partial charge in [0.25, 0.3) is 5.91 Å². The number of rotatable bonds is 4. The van der Waals surface area contributed by atoms with E-state index in [2.05, 4.69) is 26.5 Å². The molecule has 2 N–H and O–H groups in total. The van der Waals surface area contributed by atoms with E-state index < -0.39 is 28.1 Å². The molecule has 0 saturated heterocycles. The van der Waals surface area contributed by atoms with Gasteiger partial charge in [-0.15, -0.1) is 0 Å². The van der Waals surface area contributed by atoms with E-state index in [0.29, 0.717) is 4.47 Å². The Morgan fingerprint density at radius 2 is 2.00 bits per heavy atom. The minimum absolute atomic E-state index is 0.0467. The minimum atomic E-state index is -0.742. The van der Waals surface area contributed by atoms with E-state index in [1.54, 1.807) is 0 Å². The zero-order valence-corrected chi connectivity index (χ0v) is 12.9. The normalized spacial score (nSPS) is 10.7. The summed E-state index contributed by atoms with van der Waals surface area (Å²) in [6.07, 6.45) is 1.06. The molecule has 0 unspecified atom stereocenters. The Labute approximate surface area is 137 Å². The number of aromatic hydroxyl groups is 1. The third kappa shape index (κ3) is 4.10. The van der Waals surface area contributed by atoms with Gasteiger partial charge in [-0.25, -0.2) is 9.82 Å². The van der Waals surface area contributed by atoms with Gasteiger partial charge in [0.15, 0.2) is 0 Å². The zero-order valence-electron chi connectivity index (χ0n) is 11.4. The number of nitro benzene ring substituents is 1. The standard InChI is InChI=1S/C14H9BrFN3O4/c15-10-5-9(13(20)12(6-10)19(22)23)7-17-18-14(21)8-1-3-11(16)4-2-8/h1-7,20H,(H,18,21)/b17-7+. The first-order chi connectivity index (χ1) is 10.9. The zero-order chi connectivity index (χ0) is 17.0. The van der Waals surface area contributed by atoms with Crippen molar-refractivity contribution >= 4 is 33.7 Å². The van der Waals surface area contributed by atoms with Crippen LogP contribution in [-0.2, 0) is 0 Å². The molecule has 0 aromatic heterocycles. The summed E-state index contributed by atoms with van der Waals surface area (Å²) in [6, 6.07) is 7.35. The monoisotopic (exact) mass is 381 g/mol. The number of phenols is 1. The van der Waals surface area contributed by atoms with E-state index in [1.807, 2.05) is 0 Å². The lowest BCUT2D eigenvalue weighted by atomic mass is 10.2. The molecular weight excluding hydrogens is 373 g/mol. The van der Waals surface area contributed by atoms with Gasteiger partial charge in [0, 0.05) is 21.7 Å². The molecule has 0 aliphatic rings. The number of hydrogen-bond donors (Lipinski definition) is 2. The first kappa shape index (κ1) is 16.6. The van der Waals surface area contributed by atoms with Crippen molar-refractivity contribution in [1.82, 2.24) is 5.43 Å². The van der Waals surface area contributed by atoms with Crippen LogP contribution in [0.25, 0.3) is 0 Å². The second-order valence-corrected chi connectivity index (χ2v) is 5.24. The quantitative estimate of drug-likeness (QED) is 0.482. The summed E-state index contributed by atoms with van der Waals surface area (Å²) in [5.41, 5.74) is 1.91. The van der Waals surface area contributed by atoms with E-state index in [0.717, 1.165) is 24.4 Å². The number of carbonyl (C=O) groups is 1. The van der Waals surface area contributed by atoms with Crippen molar-refractivity contribution in [3.63, 3.8) is 0 Å². The number of nitro groups is 1. The maximum absolute atomic E-state index is 12.8. The van der Waals surface area contributed by atoms with Crippen molar-refractivity contribution in [2.75, 3.05) is 0 Å². The van der Waals surface area contributed by atoms with Crippen LogP contribution in [-0.4, -0.2) is 22.2 Å². The summed E-state index contributed by atoms with van der Waals surface area (Å²) in [6.45, 7) is 0. The summed E-state index contributed by atoms with van der Waals surface area (Å²) in [4.78, 5) is 21.8. The number of hydrogen-bond acceptors (Lipinski definition) is 5. The van der Waals surface area contributed by atoms with Gasteiger partial charge in [-0.05, 0) is 30.3 Å². The number of halogens is 2. The van der Waals surface area contributed by atoms with E-state index in [1.165, 1.54) is 18.2 Å². The Morgan fingerprint density at radius 3 is 2.61 bits per heavy atom. The lowest BCUT2D eigenvalue weighted by Gasteiger charge is -2.02. The third-order valence-electron chi connectivity index (χ3n) is 2.76. The number of nitrogens with zero attached hydrogens (tertiary/aromatic N) is 2. The molecule has 2 aromatic rings. The van der Waals surface area contributed by atoms with Gasteiger partial charge in [-0.3, -0.25) is 14.9 Å². The molecule has 23 heavy (non-hydrogen) atoms. The molecule has 0 saturated carbocycles. The van der Waals surface area contributed by atoms with Crippen LogP contribution in [0.3, 0.4) is 0 Å². The molecular formula is C14H9BrFN3O4. The Bertz CT molecular complexity index is 793. The molecule has 9 heteroatoms. The fourth-order valence-corrected chi connectivity index (χ4v) is 2.13. The average molecular weight is 382 g/mol. The van der Waals surface area contributed by atoms with Crippen LogP contribution >= 0.6 is 15.9 Å². The second kappa shape index (κ2) is 6.97. The highest BCUT2D eigenvalue weighted by Gasteiger charge is 2.17. The van der Waals surface area contributed by atoms with Gasteiger partial charge >= 0.3 is 5.69 Å². The van der Waals surface area contributed by atoms with Crippen LogP contribution in [0.1, 0.15) is 15.9 Å². The summed E-state index contributed by atoms with van der Waals surface area (Å²) >= 11 is 3.08. The van der Waals surface area contributed by atoms with E-state index in [-0.39, 0.29) is 11.1 Å². The molecule has 2 rings (SSSR count). The maximum atomic E-state index is 12.8. The first-order valence-electron chi connectivity index (χ1n) is 6.14. The lowest BCUT2D eigenvalue weighted by Crippen LogP contribution is -2.17. The summed E-state index contributed by atoms with van der Waals surface area (Å²) in [7, 11) is 0. The molecule has 0 heterocycles. The molecule has 2 aromatic carbocycles. The highest BCUT2D eigenvalue weighted by Crippen LogP contribution is 2.32. The minimum Gasteiger partial charge on any atom is -0.502 e. The Kier molecular flexibility index (Phi) is 5.02. The topological polar surface area (TPSA) is 105 Å². The van der Waals surface area contributed by atoms with Gasteiger partial charge in [0.1, 0.15) is 5.82 Å². The van der Waals surface area contributed by atoms with Crippen LogP contribution in [0.4, 0.5) is 10.1 Å². The SMILES string of the molecule is O=C(N/N=C/c1cc(Br)cc([N+](=O)[O-])c1O)c1ccc(F)cc1. The van der Waals surface area contributed by atoms with Crippen LogP contribution in [0, 0.1) is 15.9 Å². The molecule has 0 aliphatic heterocycles. The largest absolute Gasteiger partial charge is 0.502 e. The molecule has 0 aliphatic carbocycles. The van der Waals surface area contributed by atoms with Gasteiger partial charge < -0.3 is 5.11 Å². The fraction of sp³-hybridized carbons (Fsp3) is 0. The summed E-state index contributed by atoms with van der Waals surface area (Å²) < 4.78 is 13.1. The third-order valence-corrected chi connectivity index (χ3v) is 3.21. The number of nitrogens with one attached hydrogen (secondary N) is 1. The molecule has 0 bridgehead atoms. The van der Waals surface area contributed by atoms with Gasteiger partial charge in [0.2, 0.25) is 5.75 Å². The molecule has 0 atom stereocenters. The number of amides is 1. The average Bonchev–Trinajstić information content (AvgIpc) is 2.50. The second-order valence-electron chi connectivity index (χ2n) is 4.33. The Morgan fingerprint density at radius 1 is 1.35 bits per heavy atom. The van der Waals surface area contributed by atoms with Crippen molar-refractivity contribution in [2.45, 2.75) is 0 Å². The molecule has 7 nitrogen and oxygen atoms in total. The van der Waals surface area contributed by atoms with Crippen molar-refractivity contribution in [1.29, 1.82) is 0 Å². The van der Waals surface area contributed by atoms with Crippen LogP contribution < -0.4 is 5.43 Å². The lowest BCUT2D eigenvalue weighted by molar-refractivity contribution is -0.385. The molecule has 0 fully saturated rings. The van der Waals surface area contributed by atoms with Crippen molar-refractivity contribution < 1.29 is 19.2 Å². The van der Waals surface area contributed by atoms with E-state index in [4.69, 9.17) is 0 Å². The van der Waals surface area contributed by atoms with E-state index >= 15 is 0 Å². The van der Waals surface area contributed by atoms with Gasteiger partial charge in [-0.2, -0.15) is 5.10 Å². The molecule has 118 valence electrons. The Balaban J connectivity index is 2.16. The molecule has 1 amide bonds. The maximum Gasteiger partial charge on any atom is 0.312 e. The summed E-state index contributed by atoms with van der Waals surface area (Å²) in [5.74, 6) is -1.64. The highest BCUT2D eigenvalue weighted by molar-refractivity contribution is 9.10. The molecule has 0 radical (unpaired) electrons. The van der Waals surface area contributed by atoms with Gasteiger partial charge in [0.05, 0.1) is 11.1 Å². The van der Waals surface area contributed by atoms with Crippen LogP contribution in [0.5, 0.6) is 5.75 Å². The van der Waals surface area contributed by atoms with Crippen LogP contribution in [0.2, 0.25) is 0 Å². The number of carbonyl (C=O) groups excluding carboxylic acids is 1. The smallest absolute Gasteiger partial charge is 0.312 e. The van der Waals surface area contributed by atoms with Crippen LogP contribution in [0.15, 0.2) is 46.0 Å². The predicted molar refractivity (Wildman–Crippen MR) is 83.9 cm³/mol. The van der Waals surface area contributed by atoms with Crippen molar-refractivity contribution in [3.05, 3.63) is 67.9 Å². The molecule has 0 spiro atoms. The number of phenolic OH excluding ortho intramolecular Hbond substituents is 1. The predicted octanol–water partition coefficient (Wildman–Crippen LogP) is 2.97.